The minimum atomic E-state index is -1.12. The average Bonchev–Trinajstić information content (AvgIpc) is 2.61. The van der Waals surface area contributed by atoms with Crippen molar-refractivity contribution in [3.05, 3.63) is 0 Å². The number of ether oxygens (including phenoxy) is 5. The molecule has 0 fully saturated rings. The first-order valence-electron chi connectivity index (χ1n) is 9.54. The average molecular weight is 366 g/mol. The summed E-state index contributed by atoms with van der Waals surface area (Å²) in [6.45, 7) is 3.18. The highest BCUT2D eigenvalue weighted by molar-refractivity contribution is 5.73. The van der Waals surface area contributed by atoms with Crippen molar-refractivity contribution in [2.75, 3.05) is 41.5 Å². The first-order valence-corrected chi connectivity index (χ1v) is 7.42. The van der Waals surface area contributed by atoms with Gasteiger partial charge in [0, 0.05) is 49.1 Å². The monoisotopic (exact) mass is 366 g/mol. The Morgan fingerprint density at radius 1 is 0.960 bits per heavy atom. The topological polar surface area (TPSA) is 101 Å². The molecule has 0 aromatic heterocycles. The van der Waals surface area contributed by atoms with E-state index >= 15 is 0 Å². The zero-order valence-electron chi connectivity index (χ0n) is 18.1. The highest BCUT2D eigenvalue weighted by Gasteiger charge is 2.40. The largest absolute Gasteiger partial charge is 0.464 e. The van der Waals surface area contributed by atoms with E-state index in [0.717, 1.165) is 0 Å². The van der Waals surface area contributed by atoms with Crippen LogP contribution in [0.15, 0.2) is 0 Å². The molecule has 0 saturated heterocycles. The van der Waals surface area contributed by atoms with Crippen molar-refractivity contribution < 1.29 is 42.2 Å². The lowest BCUT2D eigenvalue weighted by Gasteiger charge is -2.38. The molecule has 9 heteroatoms. The van der Waals surface area contributed by atoms with Gasteiger partial charge in [-0.1, -0.05) is 0 Å². The maximum atomic E-state index is 11.9. The second-order valence-electron chi connectivity index (χ2n) is 5.28. The van der Waals surface area contributed by atoms with Gasteiger partial charge < -0.3 is 28.6 Å². The predicted octanol–water partition coefficient (Wildman–Crippen LogP) is 0.00450. The number of carbonyl (C=O) groups excluding carboxylic acids is 3. The van der Waals surface area contributed by atoms with Crippen molar-refractivity contribution in [2.45, 2.75) is 45.1 Å². The van der Waals surface area contributed by atoms with Crippen LogP contribution in [0.5, 0.6) is 0 Å². The third-order valence-corrected chi connectivity index (χ3v) is 3.51. The summed E-state index contributed by atoms with van der Waals surface area (Å²) >= 11 is 0. The van der Waals surface area contributed by atoms with Gasteiger partial charge in [-0.05, 0) is 0 Å². The van der Waals surface area contributed by atoms with Crippen molar-refractivity contribution in [2.24, 2.45) is 0 Å². The smallest absolute Gasteiger partial charge is 0.303 e. The molecule has 146 valence electrons. The van der Waals surface area contributed by atoms with E-state index in [4.69, 9.17) is 27.8 Å². The molecular weight excluding hydrogens is 334 g/mol. The van der Waals surface area contributed by atoms with Gasteiger partial charge in [-0.15, -0.1) is 0 Å². The zero-order chi connectivity index (χ0) is 21.7. The Labute approximate surface area is 152 Å². The highest BCUT2D eigenvalue weighted by atomic mass is 16.6. The molecule has 0 saturated carbocycles. The summed E-state index contributed by atoms with van der Waals surface area (Å²) in [4.78, 5) is 35.9. The summed E-state index contributed by atoms with van der Waals surface area (Å²) in [6, 6.07) is -0.891. The van der Waals surface area contributed by atoms with Crippen LogP contribution in [-0.4, -0.2) is 88.6 Å². The minimum Gasteiger partial charge on any atom is -0.464 e. The van der Waals surface area contributed by atoms with Crippen LogP contribution >= 0.6 is 0 Å². The number of amides is 1. The third-order valence-electron chi connectivity index (χ3n) is 3.51. The van der Waals surface area contributed by atoms with E-state index in [-0.39, 0.29) is 19.1 Å². The molecule has 4 atom stereocenters. The van der Waals surface area contributed by atoms with Gasteiger partial charge in [0.1, 0.15) is 18.8 Å². The van der Waals surface area contributed by atoms with Crippen LogP contribution in [-0.2, 0) is 38.1 Å². The Hall–Kier alpha value is -1.71. The summed E-state index contributed by atoms with van der Waals surface area (Å²) in [5, 5.41) is 0. The summed E-state index contributed by atoms with van der Waals surface area (Å²) in [5.41, 5.74) is 0. The lowest BCUT2D eigenvalue weighted by Crippen LogP contribution is -2.57. The first kappa shape index (κ1) is 18.1. The molecular formula is C16H29NO8. The molecule has 0 aromatic carbocycles. The number of methoxy groups -OCH3 is 3. The van der Waals surface area contributed by atoms with Crippen molar-refractivity contribution in [1.29, 1.82) is 0 Å². The van der Waals surface area contributed by atoms with E-state index in [0.29, 0.717) is 0 Å². The molecule has 0 heterocycles. The zero-order valence-corrected chi connectivity index (χ0v) is 15.1. The van der Waals surface area contributed by atoms with E-state index in [2.05, 4.69) is 0 Å². The number of hydrogen-bond acceptors (Lipinski definition) is 8. The summed E-state index contributed by atoms with van der Waals surface area (Å²) in [6.07, 6.45) is -3.29. The summed E-state index contributed by atoms with van der Waals surface area (Å²) < 4.78 is 48.0. The lowest BCUT2D eigenvalue weighted by molar-refractivity contribution is -0.178. The summed E-state index contributed by atoms with van der Waals surface area (Å²) in [7, 11) is -0.0164. The number of hydrogen-bond donors (Lipinski definition) is 0. The van der Waals surface area contributed by atoms with Crippen LogP contribution in [0.25, 0.3) is 0 Å². The third kappa shape index (κ3) is 7.80. The SMILES string of the molecule is [2H]COC[C@@H](OC(C)=O)[C@@H](OC[2H])[C@H](OC[2H])[C@H](COC(C)=O)N(C)C(C)=O. The van der Waals surface area contributed by atoms with Crippen molar-refractivity contribution >= 4 is 17.8 Å². The van der Waals surface area contributed by atoms with Crippen LogP contribution < -0.4 is 0 Å². The van der Waals surface area contributed by atoms with E-state index in [9.17, 15) is 14.4 Å². The molecule has 9 nitrogen and oxygen atoms in total. The molecule has 1 amide bonds. The van der Waals surface area contributed by atoms with Gasteiger partial charge >= 0.3 is 11.9 Å². The maximum absolute atomic E-state index is 11.9. The van der Waals surface area contributed by atoms with Gasteiger partial charge in [0.15, 0.2) is 6.10 Å². The molecule has 0 spiro atoms. The molecule has 0 aliphatic carbocycles. The molecule has 0 aromatic rings. The van der Waals surface area contributed by atoms with Crippen LogP contribution in [0.1, 0.15) is 24.9 Å². The van der Waals surface area contributed by atoms with Gasteiger partial charge in [-0.3, -0.25) is 14.4 Å². The number of carbonyl (C=O) groups is 3. The van der Waals surface area contributed by atoms with Crippen LogP contribution in [0, 0.1) is 0 Å². The van der Waals surface area contributed by atoms with Crippen molar-refractivity contribution in [3.8, 4) is 0 Å². The molecule has 0 N–H and O–H groups in total. The number of likely N-dealkylation sites (N-methyl/N-ethyl adjacent to an activating group) is 1. The minimum absolute atomic E-state index is 0.227. The Bertz CT molecular complexity index is 497. The molecule has 0 aliphatic heterocycles. The van der Waals surface area contributed by atoms with Crippen molar-refractivity contribution in [3.63, 3.8) is 0 Å². The Morgan fingerprint density at radius 3 is 2.08 bits per heavy atom. The highest BCUT2D eigenvalue weighted by Crippen LogP contribution is 2.19. The maximum Gasteiger partial charge on any atom is 0.303 e. The predicted molar refractivity (Wildman–Crippen MR) is 87.9 cm³/mol. The molecule has 25 heavy (non-hydrogen) atoms. The normalized spacial score (nSPS) is 17.2. The number of rotatable bonds is 11. The van der Waals surface area contributed by atoms with E-state index < -0.39 is 57.5 Å². The molecule has 0 aliphatic rings. The molecule has 0 radical (unpaired) electrons. The quantitative estimate of drug-likeness (QED) is 0.471. The Balaban J connectivity index is 5.93. The number of nitrogens with zero attached hydrogens (tertiary/aromatic N) is 1. The second kappa shape index (κ2) is 11.8. The van der Waals surface area contributed by atoms with Gasteiger partial charge in [-0.2, -0.15) is 0 Å². The number of esters is 2. The molecule has 0 rings (SSSR count). The molecule has 0 unspecified atom stereocenters. The van der Waals surface area contributed by atoms with Crippen molar-refractivity contribution in [1.82, 2.24) is 4.90 Å². The van der Waals surface area contributed by atoms with Crippen LogP contribution in [0.4, 0.5) is 0 Å². The molecule has 0 bridgehead atoms. The fourth-order valence-corrected chi connectivity index (χ4v) is 2.23. The lowest BCUT2D eigenvalue weighted by atomic mass is 9.99. The fraction of sp³-hybridized carbons (Fsp3) is 0.812. The summed E-state index contributed by atoms with van der Waals surface area (Å²) in [5.74, 6) is -1.61. The first-order chi connectivity index (χ1) is 13.2. The van der Waals surface area contributed by atoms with Gasteiger partial charge in [0.05, 0.1) is 16.8 Å². The van der Waals surface area contributed by atoms with Gasteiger partial charge in [0.25, 0.3) is 0 Å². The van der Waals surface area contributed by atoms with E-state index in [1.165, 1.54) is 32.7 Å². The van der Waals surface area contributed by atoms with Crippen LogP contribution in [0.2, 0.25) is 0 Å². The van der Waals surface area contributed by atoms with Gasteiger partial charge in [0.2, 0.25) is 5.91 Å². The fourth-order valence-electron chi connectivity index (χ4n) is 2.23. The Morgan fingerprint density at radius 2 is 1.60 bits per heavy atom. The van der Waals surface area contributed by atoms with E-state index in [1.807, 2.05) is 0 Å². The second-order valence-corrected chi connectivity index (χ2v) is 5.28. The van der Waals surface area contributed by atoms with Gasteiger partial charge in [-0.25, -0.2) is 0 Å². The Kier molecular flexibility index (Phi) is 8.52. The van der Waals surface area contributed by atoms with E-state index in [1.54, 1.807) is 0 Å². The van der Waals surface area contributed by atoms with Crippen LogP contribution in [0.3, 0.4) is 0 Å². The standard InChI is InChI=1S/C16H29NO8/c1-10(18)17(4)13(8-24-11(2)19)15(22-6)16(23-7)14(9-21-5)25-12(3)20/h13-16H,8-9H2,1-7H3/t13-,14+,15+,16+/m0/s1/i5D,6D,7D.